The fraction of sp³-hybridized carbons (Fsp3) is 0.182. The summed E-state index contributed by atoms with van der Waals surface area (Å²) in [6.45, 7) is 1.77. The van der Waals surface area contributed by atoms with Crippen LogP contribution in [0.4, 0.5) is 10.1 Å². The Balaban J connectivity index is 2.93. The van der Waals surface area contributed by atoms with Crippen LogP contribution in [0, 0.1) is 12.7 Å². The number of aromatic nitrogens is 1. The van der Waals surface area contributed by atoms with Crippen molar-refractivity contribution in [1.29, 1.82) is 0 Å². The van der Waals surface area contributed by atoms with Crippen LogP contribution in [0.25, 0.3) is 10.9 Å². The zero-order valence-corrected chi connectivity index (χ0v) is 8.54. The molecule has 0 radical (unpaired) electrons. The normalized spacial score (nSPS) is 10.6. The van der Waals surface area contributed by atoms with Crippen molar-refractivity contribution in [3.05, 3.63) is 29.7 Å². The summed E-state index contributed by atoms with van der Waals surface area (Å²) in [4.78, 5) is 4.11. The van der Waals surface area contributed by atoms with Gasteiger partial charge >= 0.3 is 0 Å². The van der Waals surface area contributed by atoms with E-state index in [2.05, 4.69) is 4.98 Å². The average Bonchev–Trinajstić information content (AvgIpc) is 2.19. The van der Waals surface area contributed by atoms with Crippen LogP contribution in [-0.4, -0.2) is 12.1 Å². The fourth-order valence-corrected chi connectivity index (χ4v) is 1.61. The van der Waals surface area contributed by atoms with Crippen molar-refractivity contribution in [1.82, 2.24) is 4.98 Å². The molecule has 0 amide bonds. The number of nitrogens with two attached hydrogens (primary N) is 1. The van der Waals surface area contributed by atoms with Gasteiger partial charge in [-0.2, -0.15) is 0 Å². The third kappa shape index (κ3) is 1.48. The number of anilines is 1. The van der Waals surface area contributed by atoms with Crippen LogP contribution < -0.4 is 10.5 Å². The first-order chi connectivity index (χ1) is 7.13. The Morgan fingerprint density at radius 1 is 1.40 bits per heavy atom. The van der Waals surface area contributed by atoms with Gasteiger partial charge in [0.05, 0.1) is 12.5 Å². The zero-order chi connectivity index (χ0) is 11.0. The molecule has 3 nitrogen and oxygen atoms in total. The molecule has 0 aliphatic carbocycles. The van der Waals surface area contributed by atoms with Gasteiger partial charge in [0.1, 0.15) is 17.1 Å². The van der Waals surface area contributed by atoms with E-state index < -0.39 is 0 Å². The molecule has 2 rings (SSSR count). The Kier molecular flexibility index (Phi) is 2.19. The van der Waals surface area contributed by atoms with Crippen molar-refractivity contribution in [2.75, 3.05) is 12.8 Å². The standard InChI is InChI=1S/C11H11FN2O/c1-6-5-8(13)10-9(15-2)4-3-7(12)11(10)14-6/h3-5H,1-2H3,(H2,13,14). The molecule has 15 heavy (non-hydrogen) atoms. The monoisotopic (exact) mass is 206 g/mol. The second kappa shape index (κ2) is 3.38. The Labute approximate surface area is 86.7 Å². The summed E-state index contributed by atoms with van der Waals surface area (Å²) in [7, 11) is 1.52. The van der Waals surface area contributed by atoms with E-state index in [0.29, 0.717) is 22.5 Å². The zero-order valence-electron chi connectivity index (χ0n) is 8.54. The molecule has 0 bridgehead atoms. The summed E-state index contributed by atoms with van der Waals surface area (Å²) in [6.07, 6.45) is 0. The molecule has 2 N–H and O–H groups in total. The molecule has 0 aliphatic rings. The van der Waals surface area contributed by atoms with Gasteiger partial charge < -0.3 is 10.5 Å². The molecule has 2 aromatic rings. The number of pyridine rings is 1. The van der Waals surface area contributed by atoms with E-state index in [1.54, 1.807) is 19.1 Å². The highest BCUT2D eigenvalue weighted by Gasteiger charge is 2.11. The fourth-order valence-electron chi connectivity index (χ4n) is 1.61. The van der Waals surface area contributed by atoms with Crippen molar-refractivity contribution in [3.8, 4) is 5.75 Å². The third-order valence-electron chi connectivity index (χ3n) is 2.25. The molecule has 4 heteroatoms. The first-order valence-electron chi connectivity index (χ1n) is 4.53. The molecule has 0 saturated heterocycles. The van der Waals surface area contributed by atoms with Gasteiger partial charge in [0.2, 0.25) is 0 Å². The van der Waals surface area contributed by atoms with E-state index in [9.17, 15) is 4.39 Å². The number of hydrogen-bond donors (Lipinski definition) is 1. The van der Waals surface area contributed by atoms with Gasteiger partial charge in [-0.05, 0) is 25.1 Å². The molecule has 0 aliphatic heterocycles. The molecule has 0 saturated carbocycles. The molecule has 0 fully saturated rings. The summed E-state index contributed by atoms with van der Waals surface area (Å²) < 4.78 is 18.6. The lowest BCUT2D eigenvalue weighted by molar-refractivity contribution is 0.419. The van der Waals surface area contributed by atoms with Gasteiger partial charge in [-0.3, -0.25) is 0 Å². The predicted molar refractivity (Wildman–Crippen MR) is 57.4 cm³/mol. The first-order valence-corrected chi connectivity index (χ1v) is 4.53. The van der Waals surface area contributed by atoms with Gasteiger partial charge in [0.15, 0.2) is 0 Å². The number of halogens is 1. The summed E-state index contributed by atoms with van der Waals surface area (Å²) in [5.41, 5.74) is 7.24. The summed E-state index contributed by atoms with van der Waals surface area (Å²) in [5.74, 6) is 0.151. The van der Waals surface area contributed by atoms with E-state index in [-0.39, 0.29) is 11.3 Å². The highest BCUT2D eigenvalue weighted by atomic mass is 19.1. The lowest BCUT2D eigenvalue weighted by atomic mass is 10.1. The minimum atomic E-state index is -0.388. The van der Waals surface area contributed by atoms with Gasteiger partial charge in [-0.1, -0.05) is 0 Å². The highest BCUT2D eigenvalue weighted by molar-refractivity contribution is 5.95. The number of benzene rings is 1. The molecule has 78 valence electrons. The SMILES string of the molecule is COc1ccc(F)c2nc(C)cc(N)c12. The van der Waals surface area contributed by atoms with E-state index in [4.69, 9.17) is 10.5 Å². The van der Waals surface area contributed by atoms with Crippen molar-refractivity contribution >= 4 is 16.6 Å². The second-order valence-electron chi connectivity index (χ2n) is 3.33. The number of hydrogen-bond acceptors (Lipinski definition) is 3. The number of nitrogen functional groups attached to an aromatic ring is 1. The van der Waals surface area contributed by atoms with Crippen LogP contribution in [0.5, 0.6) is 5.75 Å². The topological polar surface area (TPSA) is 48.1 Å². The van der Waals surface area contributed by atoms with Crippen LogP contribution in [0.2, 0.25) is 0 Å². The molecule has 1 aromatic carbocycles. The Bertz CT molecular complexity index is 525. The van der Waals surface area contributed by atoms with E-state index in [1.165, 1.54) is 13.2 Å². The Hall–Kier alpha value is -1.84. The molecule has 0 atom stereocenters. The van der Waals surface area contributed by atoms with E-state index in [0.717, 1.165) is 0 Å². The predicted octanol–water partition coefficient (Wildman–Crippen LogP) is 2.27. The number of rotatable bonds is 1. The largest absolute Gasteiger partial charge is 0.496 e. The van der Waals surface area contributed by atoms with Gasteiger partial charge in [0, 0.05) is 11.4 Å². The van der Waals surface area contributed by atoms with Gasteiger partial charge in [-0.15, -0.1) is 0 Å². The van der Waals surface area contributed by atoms with E-state index in [1.807, 2.05) is 0 Å². The molecule has 0 unspecified atom stereocenters. The quantitative estimate of drug-likeness (QED) is 0.778. The maximum absolute atomic E-state index is 13.5. The second-order valence-corrected chi connectivity index (χ2v) is 3.33. The van der Waals surface area contributed by atoms with E-state index >= 15 is 0 Å². The third-order valence-corrected chi connectivity index (χ3v) is 2.25. The lowest BCUT2D eigenvalue weighted by Gasteiger charge is -2.08. The number of methoxy groups -OCH3 is 1. The number of ether oxygens (including phenoxy) is 1. The van der Waals surface area contributed by atoms with Crippen molar-refractivity contribution in [2.45, 2.75) is 6.92 Å². The van der Waals surface area contributed by atoms with Crippen LogP contribution in [0.15, 0.2) is 18.2 Å². The highest BCUT2D eigenvalue weighted by Crippen LogP contribution is 2.31. The Morgan fingerprint density at radius 3 is 2.80 bits per heavy atom. The number of aryl methyl sites for hydroxylation is 1. The Morgan fingerprint density at radius 2 is 2.13 bits per heavy atom. The van der Waals surface area contributed by atoms with Crippen LogP contribution in [0.3, 0.4) is 0 Å². The smallest absolute Gasteiger partial charge is 0.149 e. The summed E-state index contributed by atoms with van der Waals surface area (Å²) >= 11 is 0. The molecular weight excluding hydrogens is 195 g/mol. The van der Waals surface area contributed by atoms with Crippen LogP contribution in [0.1, 0.15) is 5.69 Å². The van der Waals surface area contributed by atoms with Crippen molar-refractivity contribution < 1.29 is 9.13 Å². The van der Waals surface area contributed by atoms with Crippen LogP contribution in [-0.2, 0) is 0 Å². The van der Waals surface area contributed by atoms with Crippen molar-refractivity contribution in [3.63, 3.8) is 0 Å². The minimum Gasteiger partial charge on any atom is -0.496 e. The summed E-state index contributed by atoms with van der Waals surface area (Å²) in [5, 5.41) is 0.531. The molecule has 1 heterocycles. The molecular formula is C11H11FN2O. The van der Waals surface area contributed by atoms with Crippen molar-refractivity contribution in [2.24, 2.45) is 0 Å². The number of nitrogens with zero attached hydrogens (tertiary/aromatic N) is 1. The van der Waals surface area contributed by atoms with Gasteiger partial charge in [-0.25, -0.2) is 9.37 Å². The maximum atomic E-state index is 13.5. The summed E-state index contributed by atoms with van der Waals surface area (Å²) in [6, 6.07) is 4.57. The number of fused-ring (bicyclic) bond motifs is 1. The lowest BCUT2D eigenvalue weighted by Crippen LogP contribution is -1.97. The minimum absolute atomic E-state index is 0.256. The van der Waals surface area contributed by atoms with Gasteiger partial charge in [0.25, 0.3) is 0 Å². The average molecular weight is 206 g/mol. The first kappa shape index (κ1) is 9.71. The molecule has 1 aromatic heterocycles. The molecule has 0 spiro atoms. The maximum Gasteiger partial charge on any atom is 0.149 e. The van der Waals surface area contributed by atoms with Crippen LogP contribution >= 0.6 is 0 Å².